The minimum atomic E-state index is -4.27. The molecule has 0 aliphatic heterocycles. The summed E-state index contributed by atoms with van der Waals surface area (Å²) < 4.78 is 30.5. The fraction of sp³-hybridized carbons (Fsp3) is 0.0500. The normalized spacial score (nSPS) is 11.3. The number of hydrogen-bond acceptors (Lipinski definition) is 6. The number of aromatic nitrogens is 3. The van der Waals surface area contributed by atoms with Crippen LogP contribution in [0.25, 0.3) is 11.0 Å². The van der Waals surface area contributed by atoms with Gasteiger partial charge in [-0.05, 0) is 42.0 Å². The topological polar surface area (TPSA) is 126 Å². The second-order valence-electron chi connectivity index (χ2n) is 6.52. The first-order valence-corrected chi connectivity index (χ1v) is 11.3. The summed E-state index contributed by atoms with van der Waals surface area (Å²) in [6.07, 6.45) is 3.27. The van der Waals surface area contributed by atoms with E-state index in [1.165, 1.54) is 30.3 Å². The number of amides is 2. The Morgan fingerprint density at radius 3 is 2.50 bits per heavy atom. The molecular weight excluding hydrogens is 477 g/mol. The molecule has 0 atom stereocenters. The van der Waals surface area contributed by atoms with E-state index in [2.05, 4.69) is 25.6 Å². The van der Waals surface area contributed by atoms with Crippen molar-refractivity contribution < 1.29 is 17.4 Å². The molecule has 0 bridgehead atoms. The molecular formula is C20H15Cl2N5O4S. The summed E-state index contributed by atoms with van der Waals surface area (Å²) in [5.74, 6) is 0.201. The smallest absolute Gasteiger partial charge is 0.342 e. The fourth-order valence-electron chi connectivity index (χ4n) is 2.82. The minimum Gasteiger partial charge on any atom is -0.379 e. The van der Waals surface area contributed by atoms with E-state index in [1.54, 1.807) is 30.6 Å². The summed E-state index contributed by atoms with van der Waals surface area (Å²) in [5.41, 5.74) is 1.84. The quantitative estimate of drug-likeness (QED) is 0.344. The number of halogens is 2. The molecule has 2 heterocycles. The summed E-state index contributed by atoms with van der Waals surface area (Å²) in [5, 5.41) is 5.18. The van der Waals surface area contributed by atoms with Gasteiger partial charge in [-0.25, -0.2) is 9.78 Å². The predicted molar refractivity (Wildman–Crippen MR) is 120 cm³/mol. The molecule has 12 heteroatoms. The molecule has 0 radical (unpaired) electrons. The van der Waals surface area contributed by atoms with Crippen LogP contribution in [0, 0.1) is 0 Å². The molecule has 4 aromatic rings. The Labute approximate surface area is 192 Å². The Morgan fingerprint density at radius 2 is 1.78 bits per heavy atom. The molecule has 2 aromatic heterocycles. The van der Waals surface area contributed by atoms with E-state index < -0.39 is 16.1 Å². The van der Waals surface area contributed by atoms with E-state index in [4.69, 9.17) is 27.4 Å². The third-order valence-electron chi connectivity index (χ3n) is 4.26. The number of hydrogen-bond donors (Lipinski definition) is 3. The average Bonchev–Trinajstić information content (AvgIpc) is 3.13. The van der Waals surface area contributed by atoms with Gasteiger partial charge in [0.15, 0.2) is 0 Å². The second kappa shape index (κ2) is 9.03. The van der Waals surface area contributed by atoms with Gasteiger partial charge in [0.25, 0.3) is 0 Å². The van der Waals surface area contributed by atoms with E-state index in [0.717, 1.165) is 5.56 Å². The molecule has 0 saturated heterocycles. The molecule has 2 aromatic carbocycles. The van der Waals surface area contributed by atoms with Crippen LogP contribution < -0.4 is 14.8 Å². The van der Waals surface area contributed by atoms with Gasteiger partial charge in [-0.3, -0.25) is 10.3 Å². The van der Waals surface area contributed by atoms with Crippen LogP contribution in [0.3, 0.4) is 0 Å². The highest BCUT2D eigenvalue weighted by molar-refractivity contribution is 7.87. The van der Waals surface area contributed by atoms with Gasteiger partial charge in [-0.15, -0.1) is 0 Å². The standard InChI is InChI=1S/C20H15Cl2N5O4S/c21-14-2-1-3-15(22)18(14)32(29,30)31-13-4-5-16-17(10-13)26-19(25-16)27-20(28)24-11-12-6-8-23-9-7-12/h1-10H,11H2,(H3,24,25,26,27,28). The molecule has 0 fully saturated rings. The van der Waals surface area contributed by atoms with E-state index in [0.29, 0.717) is 17.6 Å². The van der Waals surface area contributed by atoms with Gasteiger partial charge in [0, 0.05) is 25.0 Å². The van der Waals surface area contributed by atoms with E-state index in [9.17, 15) is 13.2 Å². The maximum Gasteiger partial charge on any atom is 0.342 e. The highest BCUT2D eigenvalue weighted by Crippen LogP contribution is 2.32. The number of carbonyl (C=O) groups excluding carboxylic acids is 1. The second-order valence-corrected chi connectivity index (χ2v) is 8.81. The highest BCUT2D eigenvalue weighted by atomic mass is 35.5. The number of pyridine rings is 1. The van der Waals surface area contributed by atoms with Crippen molar-refractivity contribution in [3.8, 4) is 5.75 Å². The molecule has 32 heavy (non-hydrogen) atoms. The number of rotatable bonds is 6. The summed E-state index contributed by atoms with van der Waals surface area (Å²) in [6.45, 7) is 0.315. The first kappa shape index (κ1) is 21.9. The van der Waals surface area contributed by atoms with Gasteiger partial charge in [0.05, 0.1) is 21.1 Å². The van der Waals surface area contributed by atoms with Crippen molar-refractivity contribution in [2.45, 2.75) is 11.4 Å². The summed E-state index contributed by atoms with van der Waals surface area (Å²) >= 11 is 12.0. The number of aromatic amines is 1. The zero-order valence-electron chi connectivity index (χ0n) is 16.2. The monoisotopic (exact) mass is 491 g/mol. The number of H-pyrrole nitrogens is 1. The van der Waals surface area contributed by atoms with Gasteiger partial charge in [0.1, 0.15) is 10.6 Å². The molecule has 0 saturated carbocycles. The van der Waals surface area contributed by atoms with Crippen molar-refractivity contribution in [2.24, 2.45) is 0 Å². The Bertz CT molecular complexity index is 1370. The van der Waals surface area contributed by atoms with Crippen LogP contribution >= 0.6 is 23.2 Å². The minimum absolute atomic E-state index is 0.0193. The predicted octanol–water partition coefficient (Wildman–Crippen LogP) is 4.35. The number of carbonyl (C=O) groups is 1. The van der Waals surface area contributed by atoms with Crippen molar-refractivity contribution >= 4 is 56.3 Å². The third kappa shape index (κ3) is 4.93. The third-order valence-corrected chi connectivity index (χ3v) is 6.47. The molecule has 0 unspecified atom stereocenters. The van der Waals surface area contributed by atoms with Crippen LogP contribution in [0.5, 0.6) is 5.75 Å². The van der Waals surface area contributed by atoms with Crippen molar-refractivity contribution in [2.75, 3.05) is 5.32 Å². The van der Waals surface area contributed by atoms with Crippen molar-refractivity contribution in [3.63, 3.8) is 0 Å². The number of benzene rings is 2. The van der Waals surface area contributed by atoms with Crippen LogP contribution in [0.1, 0.15) is 5.56 Å². The van der Waals surface area contributed by atoms with Crippen LogP contribution in [-0.2, 0) is 16.7 Å². The van der Waals surface area contributed by atoms with Gasteiger partial charge in [-0.1, -0.05) is 29.3 Å². The highest BCUT2D eigenvalue weighted by Gasteiger charge is 2.24. The largest absolute Gasteiger partial charge is 0.379 e. The number of nitrogens with zero attached hydrogens (tertiary/aromatic N) is 2. The molecule has 3 N–H and O–H groups in total. The van der Waals surface area contributed by atoms with Crippen LogP contribution in [0.15, 0.2) is 65.8 Å². The molecule has 9 nitrogen and oxygen atoms in total. The zero-order chi connectivity index (χ0) is 22.7. The Balaban J connectivity index is 1.47. The maximum absolute atomic E-state index is 12.6. The molecule has 164 valence electrons. The molecule has 4 rings (SSSR count). The van der Waals surface area contributed by atoms with E-state index >= 15 is 0 Å². The lowest BCUT2D eigenvalue weighted by Crippen LogP contribution is -2.28. The number of anilines is 1. The lowest BCUT2D eigenvalue weighted by atomic mass is 10.3. The van der Waals surface area contributed by atoms with Crippen LogP contribution in [-0.4, -0.2) is 29.4 Å². The summed E-state index contributed by atoms with van der Waals surface area (Å²) in [4.78, 5) is 22.8. The molecule has 2 amide bonds. The Morgan fingerprint density at radius 1 is 1.06 bits per heavy atom. The van der Waals surface area contributed by atoms with Gasteiger partial charge >= 0.3 is 16.1 Å². The molecule has 0 spiro atoms. The van der Waals surface area contributed by atoms with E-state index in [1.807, 2.05) is 0 Å². The lowest BCUT2D eigenvalue weighted by Gasteiger charge is -2.09. The van der Waals surface area contributed by atoms with Crippen molar-refractivity contribution in [1.29, 1.82) is 0 Å². The zero-order valence-corrected chi connectivity index (χ0v) is 18.5. The summed E-state index contributed by atoms with van der Waals surface area (Å²) in [6, 6.07) is 11.9. The molecule has 0 aliphatic rings. The SMILES string of the molecule is O=C(NCc1ccncc1)Nc1nc2ccc(OS(=O)(=O)c3c(Cl)cccc3Cl)cc2[nH]1. The van der Waals surface area contributed by atoms with Gasteiger partial charge in [-0.2, -0.15) is 8.42 Å². The number of fused-ring (bicyclic) bond motifs is 1. The Hall–Kier alpha value is -3.34. The Kier molecular flexibility index (Phi) is 6.17. The first-order chi connectivity index (χ1) is 15.3. The van der Waals surface area contributed by atoms with E-state index in [-0.39, 0.29) is 26.6 Å². The first-order valence-electron chi connectivity index (χ1n) is 9.14. The maximum atomic E-state index is 12.6. The average molecular weight is 492 g/mol. The van der Waals surface area contributed by atoms with Crippen LogP contribution in [0.4, 0.5) is 10.7 Å². The van der Waals surface area contributed by atoms with Gasteiger partial charge in [0.2, 0.25) is 5.95 Å². The summed E-state index contributed by atoms with van der Waals surface area (Å²) in [7, 11) is -4.27. The lowest BCUT2D eigenvalue weighted by molar-refractivity contribution is 0.251. The number of imidazole rings is 1. The molecule has 0 aliphatic carbocycles. The number of nitrogens with one attached hydrogen (secondary N) is 3. The van der Waals surface area contributed by atoms with Crippen molar-refractivity contribution in [1.82, 2.24) is 20.3 Å². The van der Waals surface area contributed by atoms with Gasteiger partial charge < -0.3 is 14.5 Å². The number of urea groups is 1. The van der Waals surface area contributed by atoms with Crippen molar-refractivity contribution in [3.05, 3.63) is 76.5 Å². The fourth-order valence-corrected chi connectivity index (χ4v) is 4.84. The van der Waals surface area contributed by atoms with Crippen LogP contribution in [0.2, 0.25) is 10.0 Å².